The number of benzene rings is 2. The average Bonchev–Trinajstić information content (AvgIpc) is 3.59. The number of nitrogens with one attached hydrogen (secondary N) is 2. The molecule has 0 aliphatic heterocycles. The maximum Gasteiger partial charge on any atom is 0.191 e. The number of rotatable bonds is 12. The molecule has 176 valence electrons. The molecule has 1 fully saturated rings. The van der Waals surface area contributed by atoms with E-state index in [2.05, 4.69) is 15.6 Å². The SMILES string of the molecule is CCNC(=NCc1ccccc1OCC1CC1)NCCCS(=O)(=O)Cc1ccccc1.I. The minimum atomic E-state index is -3.13. The van der Waals surface area contributed by atoms with E-state index in [1.165, 1.54) is 12.8 Å². The van der Waals surface area contributed by atoms with Gasteiger partial charge in [0.05, 0.1) is 24.7 Å². The molecule has 1 aliphatic rings. The third-order valence-corrected chi connectivity index (χ3v) is 6.73. The van der Waals surface area contributed by atoms with E-state index >= 15 is 0 Å². The summed E-state index contributed by atoms with van der Waals surface area (Å²) in [5.41, 5.74) is 1.87. The number of aliphatic imine (C=N–C) groups is 1. The van der Waals surface area contributed by atoms with Crippen molar-refractivity contribution in [2.45, 2.75) is 38.5 Å². The van der Waals surface area contributed by atoms with Crippen LogP contribution < -0.4 is 15.4 Å². The molecule has 0 spiro atoms. The van der Waals surface area contributed by atoms with Crippen LogP contribution in [-0.2, 0) is 22.1 Å². The van der Waals surface area contributed by atoms with Crippen LogP contribution in [0.15, 0.2) is 59.6 Å². The van der Waals surface area contributed by atoms with E-state index in [1.54, 1.807) is 0 Å². The first-order chi connectivity index (χ1) is 15.1. The van der Waals surface area contributed by atoms with Gasteiger partial charge in [0, 0.05) is 18.7 Å². The lowest BCUT2D eigenvalue weighted by molar-refractivity contribution is 0.297. The summed E-state index contributed by atoms with van der Waals surface area (Å²) in [4.78, 5) is 4.65. The number of nitrogens with zero attached hydrogens (tertiary/aromatic N) is 1. The van der Waals surface area contributed by atoms with Gasteiger partial charge in [0.15, 0.2) is 15.8 Å². The van der Waals surface area contributed by atoms with Crippen LogP contribution in [0.1, 0.15) is 37.3 Å². The maximum atomic E-state index is 12.3. The van der Waals surface area contributed by atoms with Crippen LogP contribution in [0.5, 0.6) is 5.75 Å². The Hall–Kier alpha value is -1.81. The monoisotopic (exact) mass is 571 g/mol. The Labute approximate surface area is 209 Å². The normalized spacial score (nSPS) is 13.8. The van der Waals surface area contributed by atoms with Crippen molar-refractivity contribution in [3.05, 3.63) is 65.7 Å². The molecule has 0 bridgehead atoms. The van der Waals surface area contributed by atoms with Gasteiger partial charge in [0.1, 0.15) is 5.75 Å². The number of hydrogen-bond donors (Lipinski definition) is 2. The van der Waals surface area contributed by atoms with Crippen molar-refractivity contribution in [2.75, 3.05) is 25.4 Å². The van der Waals surface area contributed by atoms with Crippen molar-refractivity contribution in [2.24, 2.45) is 10.9 Å². The van der Waals surface area contributed by atoms with Gasteiger partial charge in [0.25, 0.3) is 0 Å². The number of guanidine groups is 1. The van der Waals surface area contributed by atoms with Crippen LogP contribution in [-0.4, -0.2) is 39.8 Å². The molecule has 0 aromatic heterocycles. The smallest absolute Gasteiger partial charge is 0.191 e. The predicted octanol–water partition coefficient (Wildman–Crippen LogP) is 4.15. The second-order valence-electron chi connectivity index (χ2n) is 7.92. The number of halogens is 1. The Morgan fingerprint density at radius 3 is 2.50 bits per heavy atom. The molecule has 0 atom stereocenters. The average molecular weight is 572 g/mol. The first-order valence-corrected chi connectivity index (χ1v) is 12.8. The van der Waals surface area contributed by atoms with E-state index in [-0.39, 0.29) is 35.5 Å². The summed E-state index contributed by atoms with van der Waals surface area (Å²) in [7, 11) is -3.13. The molecule has 0 unspecified atom stereocenters. The molecule has 32 heavy (non-hydrogen) atoms. The molecule has 1 aliphatic carbocycles. The minimum Gasteiger partial charge on any atom is -0.493 e. The molecule has 2 aromatic rings. The molecule has 2 N–H and O–H groups in total. The van der Waals surface area contributed by atoms with Gasteiger partial charge < -0.3 is 15.4 Å². The van der Waals surface area contributed by atoms with Gasteiger partial charge in [-0.1, -0.05) is 48.5 Å². The van der Waals surface area contributed by atoms with Crippen molar-refractivity contribution in [3.8, 4) is 5.75 Å². The lowest BCUT2D eigenvalue weighted by atomic mass is 10.2. The zero-order chi connectivity index (χ0) is 21.9. The fourth-order valence-electron chi connectivity index (χ4n) is 3.17. The van der Waals surface area contributed by atoms with Crippen LogP contribution in [0.25, 0.3) is 0 Å². The van der Waals surface area contributed by atoms with Crippen molar-refractivity contribution >= 4 is 39.8 Å². The molecule has 0 radical (unpaired) electrons. The van der Waals surface area contributed by atoms with Crippen molar-refractivity contribution < 1.29 is 13.2 Å². The Bertz CT molecular complexity index is 948. The molecular formula is C24H34IN3O3S. The van der Waals surface area contributed by atoms with Gasteiger partial charge in [-0.25, -0.2) is 13.4 Å². The Morgan fingerprint density at radius 2 is 1.78 bits per heavy atom. The van der Waals surface area contributed by atoms with Crippen molar-refractivity contribution in [1.29, 1.82) is 0 Å². The topological polar surface area (TPSA) is 79.8 Å². The predicted molar refractivity (Wildman–Crippen MR) is 141 cm³/mol. The molecule has 6 nitrogen and oxygen atoms in total. The zero-order valence-corrected chi connectivity index (χ0v) is 21.8. The van der Waals surface area contributed by atoms with E-state index < -0.39 is 9.84 Å². The highest BCUT2D eigenvalue weighted by molar-refractivity contribution is 14.0. The highest BCUT2D eigenvalue weighted by Crippen LogP contribution is 2.30. The third-order valence-electron chi connectivity index (χ3n) is 5.05. The Kier molecular flexibility index (Phi) is 11.3. The summed E-state index contributed by atoms with van der Waals surface area (Å²) < 4.78 is 30.7. The first-order valence-electron chi connectivity index (χ1n) is 11.0. The Balaban J connectivity index is 0.00000363. The van der Waals surface area contributed by atoms with E-state index in [1.807, 2.05) is 61.5 Å². The van der Waals surface area contributed by atoms with E-state index in [4.69, 9.17) is 4.74 Å². The minimum absolute atomic E-state index is 0. The summed E-state index contributed by atoms with van der Waals surface area (Å²) in [6, 6.07) is 17.3. The molecule has 0 amide bonds. The largest absolute Gasteiger partial charge is 0.493 e. The molecule has 8 heteroatoms. The Morgan fingerprint density at radius 1 is 1.06 bits per heavy atom. The first kappa shape index (κ1) is 26.4. The number of hydrogen-bond acceptors (Lipinski definition) is 4. The van der Waals surface area contributed by atoms with Crippen molar-refractivity contribution in [1.82, 2.24) is 10.6 Å². The number of para-hydroxylation sites is 1. The molecule has 3 rings (SSSR count). The molecule has 0 heterocycles. The van der Waals surface area contributed by atoms with E-state index in [0.717, 1.165) is 30.0 Å². The summed E-state index contributed by atoms with van der Waals surface area (Å²) in [5, 5.41) is 6.46. The van der Waals surface area contributed by atoms with E-state index in [9.17, 15) is 8.42 Å². The summed E-state index contributed by atoms with van der Waals surface area (Å²) in [5.74, 6) is 2.50. The van der Waals surface area contributed by atoms with Crippen LogP contribution >= 0.6 is 24.0 Å². The lowest BCUT2D eigenvalue weighted by Gasteiger charge is -2.13. The van der Waals surface area contributed by atoms with Gasteiger partial charge in [0.2, 0.25) is 0 Å². The maximum absolute atomic E-state index is 12.3. The fraction of sp³-hybridized carbons (Fsp3) is 0.458. The van der Waals surface area contributed by atoms with Gasteiger partial charge >= 0.3 is 0 Å². The van der Waals surface area contributed by atoms with Gasteiger partial charge in [-0.05, 0) is 43.7 Å². The summed E-state index contributed by atoms with van der Waals surface area (Å²) in [6.07, 6.45) is 3.05. The van der Waals surface area contributed by atoms with Crippen LogP contribution in [0, 0.1) is 5.92 Å². The molecule has 1 saturated carbocycles. The van der Waals surface area contributed by atoms with Crippen LogP contribution in [0.2, 0.25) is 0 Å². The highest BCUT2D eigenvalue weighted by atomic mass is 127. The lowest BCUT2D eigenvalue weighted by Crippen LogP contribution is -2.38. The van der Waals surface area contributed by atoms with Crippen LogP contribution in [0.3, 0.4) is 0 Å². The standard InChI is InChI=1S/C24H33N3O3S.HI/c1-2-25-24(26-15-8-16-31(28,29)19-21-9-4-3-5-10-21)27-17-22-11-6-7-12-23(22)30-18-20-13-14-20;/h3-7,9-12,20H,2,8,13-19H2,1H3,(H2,25,26,27);1H. The summed E-state index contributed by atoms with van der Waals surface area (Å²) in [6.45, 7) is 4.56. The van der Waals surface area contributed by atoms with Gasteiger partial charge in [-0.15, -0.1) is 24.0 Å². The van der Waals surface area contributed by atoms with Gasteiger partial charge in [-0.2, -0.15) is 0 Å². The van der Waals surface area contributed by atoms with Gasteiger partial charge in [-0.3, -0.25) is 0 Å². The summed E-state index contributed by atoms with van der Waals surface area (Å²) >= 11 is 0. The quantitative estimate of drug-likeness (QED) is 0.173. The molecule has 0 saturated heterocycles. The number of ether oxygens (including phenoxy) is 1. The van der Waals surface area contributed by atoms with Crippen molar-refractivity contribution in [3.63, 3.8) is 0 Å². The zero-order valence-electron chi connectivity index (χ0n) is 18.6. The second-order valence-corrected chi connectivity index (χ2v) is 10.1. The highest BCUT2D eigenvalue weighted by Gasteiger charge is 2.22. The molecule has 2 aromatic carbocycles. The van der Waals surface area contributed by atoms with E-state index in [0.29, 0.717) is 31.4 Å². The van der Waals surface area contributed by atoms with Crippen LogP contribution in [0.4, 0.5) is 0 Å². The fourth-order valence-corrected chi connectivity index (χ4v) is 4.60. The second kappa shape index (κ2) is 13.7. The number of sulfone groups is 1. The molecular weight excluding hydrogens is 537 g/mol. The third kappa shape index (κ3) is 9.77.